The smallest absolute Gasteiger partial charge is 0.0465 e. The van der Waals surface area contributed by atoms with Gasteiger partial charge < -0.3 is 10.1 Å². The van der Waals surface area contributed by atoms with Crippen LogP contribution in [0.2, 0.25) is 0 Å². The first-order chi connectivity index (χ1) is 9.49. The van der Waals surface area contributed by atoms with Gasteiger partial charge in [-0.25, -0.2) is 0 Å². The standard InChI is InChI=1S/C18H37NO/c1-6-19-14-16-10-11-17(18(3,4)5)13-15(16)9-8-12-20-7-2/h15-17,19H,6-14H2,1-5H3. The Labute approximate surface area is 127 Å². The van der Waals surface area contributed by atoms with Crippen molar-refractivity contribution in [3.05, 3.63) is 0 Å². The predicted molar refractivity (Wildman–Crippen MR) is 88.0 cm³/mol. The Morgan fingerprint density at radius 2 is 1.85 bits per heavy atom. The van der Waals surface area contributed by atoms with Crippen molar-refractivity contribution in [1.29, 1.82) is 0 Å². The Balaban J connectivity index is 2.49. The lowest BCUT2D eigenvalue weighted by Gasteiger charge is -2.42. The van der Waals surface area contributed by atoms with Crippen LogP contribution < -0.4 is 5.32 Å². The molecule has 20 heavy (non-hydrogen) atoms. The normalized spacial score (nSPS) is 27.8. The average molecular weight is 284 g/mol. The first kappa shape index (κ1) is 18.0. The summed E-state index contributed by atoms with van der Waals surface area (Å²) >= 11 is 0. The molecule has 0 aromatic rings. The summed E-state index contributed by atoms with van der Waals surface area (Å²) in [6.07, 6.45) is 6.84. The zero-order valence-electron chi connectivity index (χ0n) is 14.5. The van der Waals surface area contributed by atoms with Crippen molar-refractivity contribution in [2.24, 2.45) is 23.2 Å². The molecule has 1 saturated carbocycles. The average Bonchev–Trinajstić information content (AvgIpc) is 2.41. The summed E-state index contributed by atoms with van der Waals surface area (Å²) in [7, 11) is 0. The minimum Gasteiger partial charge on any atom is -0.382 e. The highest BCUT2D eigenvalue weighted by molar-refractivity contribution is 4.86. The van der Waals surface area contributed by atoms with Gasteiger partial charge in [0.15, 0.2) is 0 Å². The maximum atomic E-state index is 5.52. The van der Waals surface area contributed by atoms with Crippen molar-refractivity contribution in [2.45, 2.75) is 66.7 Å². The highest BCUT2D eigenvalue weighted by atomic mass is 16.5. The second-order valence-corrected chi connectivity index (χ2v) is 7.54. The third-order valence-electron chi connectivity index (χ3n) is 5.09. The Kier molecular flexibility index (Phi) is 8.13. The van der Waals surface area contributed by atoms with Gasteiger partial charge in [-0.05, 0) is 75.3 Å². The van der Waals surface area contributed by atoms with Crippen molar-refractivity contribution in [3.63, 3.8) is 0 Å². The molecule has 120 valence electrons. The predicted octanol–water partition coefficient (Wildman–Crippen LogP) is 4.49. The summed E-state index contributed by atoms with van der Waals surface area (Å²) < 4.78 is 5.52. The summed E-state index contributed by atoms with van der Waals surface area (Å²) in [5.74, 6) is 2.68. The molecule has 0 amide bonds. The number of ether oxygens (including phenoxy) is 1. The van der Waals surface area contributed by atoms with Crippen LogP contribution in [0.4, 0.5) is 0 Å². The zero-order valence-corrected chi connectivity index (χ0v) is 14.5. The molecule has 0 heterocycles. The first-order valence-corrected chi connectivity index (χ1v) is 8.77. The summed E-state index contributed by atoms with van der Waals surface area (Å²) in [5.41, 5.74) is 0.474. The van der Waals surface area contributed by atoms with E-state index in [2.05, 4.69) is 39.9 Å². The van der Waals surface area contributed by atoms with Gasteiger partial charge in [-0.2, -0.15) is 0 Å². The minimum atomic E-state index is 0.474. The van der Waals surface area contributed by atoms with Crippen molar-refractivity contribution in [1.82, 2.24) is 5.32 Å². The number of nitrogens with one attached hydrogen (secondary N) is 1. The summed E-state index contributed by atoms with van der Waals surface area (Å²) in [4.78, 5) is 0. The molecule has 1 fully saturated rings. The summed E-state index contributed by atoms with van der Waals surface area (Å²) in [5, 5.41) is 3.57. The fraction of sp³-hybridized carbons (Fsp3) is 1.00. The van der Waals surface area contributed by atoms with Crippen LogP contribution in [0.15, 0.2) is 0 Å². The van der Waals surface area contributed by atoms with Crippen molar-refractivity contribution in [3.8, 4) is 0 Å². The van der Waals surface area contributed by atoms with E-state index in [1.54, 1.807) is 0 Å². The Morgan fingerprint density at radius 3 is 2.45 bits per heavy atom. The fourth-order valence-electron chi connectivity index (χ4n) is 3.66. The van der Waals surface area contributed by atoms with Crippen molar-refractivity contribution < 1.29 is 4.74 Å². The molecule has 0 bridgehead atoms. The monoisotopic (exact) mass is 283 g/mol. The van der Waals surface area contributed by atoms with Crippen LogP contribution in [0.5, 0.6) is 0 Å². The van der Waals surface area contributed by atoms with E-state index in [-0.39, 0.29) is 0 Å². The highest BCUT2D eigenvalue weighted by Gasteiger charge is 2.35. The molecule has 0 saturated heterocycles. The number of rotatable bonds is 8. The van der Waals surface area contributed by atoms with E-state index in [0.717, 1.165) is 37.5 Å². The highest BCUT2D eigenvalue weighted by Crippen LogP contribution is 2.44. The van der Waals surface area contributed by atoms with Crippen LogP contribution in [0.25, 0.3) is 0 Å². The molecule has 2 nitrogen and oxygen atoms in total. The van der Waals surface area contributed by atoms with Gasteiger partial charge in [-0.3, -0.25) is 0 Å². The molecule has 0 aliphatic heterocycles. The number of hydrogen-bond donors (Lipinski definition) is 1. The molecule has 3 atom stereocenters. The van der Waals surface area contributed by atoms with Crippen LogP contribution in [-0.4, -0.2) is 26.3 Å². The topological polar surface area (TPSA) is 21.3 Å². The van der Waals surface area contributed by atoms with Gasteiger partial charge in [0.05, 0.1) is 0 Å². The second-order valence-electron chi connectivity index (χ2n) is 7.54. The van der Waals surface area contributed by atoms with Gasteiger partial charge in [0, 0.05) is 13.2 Å². The van der Waals surface area contributed by atoms with Gasteiger partial charge in [0.1, 0.15) is 0 Å². The molecule has 0 radical (unpaired) electrons. The fourth-order valence-corrected chi connectivity index (χ4v) is 3.66. The molecule has 1 aliphatic carbocycles. The third-order valence-corrected chi connectivity index (χ3v) is 5.09. The molecule has 3 unspecified atom stereocenters. The molecule has 1 aliphatic rings. The summed E-state index contributed by atoms with van der Waals surface area (Å²) in [6, 6.07) is 0. The molecule has 0 aromatic carbocycles. The Bertz CT molecular complexity index is 246. The molecule has 1 rings (SSSR count). The molecule has 1 N–H and O–H groups in total. The van der Waals surface area contributed by atoms with Crippen LogP contribution in [0.1, 0.15) is 66.7 Å². The number of hydrogen-bond acceptors (Lipinski definition) is 2. The molecular weight excluding hydrogens is 246 g/mol. The van der Waals surface area contributed by atoms with Crippen LogP contribution in [-0.2, 0) is 4.74 Å². The quantitative estimate of drug-likeness (QED) is 0.663. The van der Waals surface area contributed by atoms with E-state index in [1.807, 2.05) is 0 Å². The van der Waals surface area contributed by atoms with Gasteiger partial charge in [0.25, 0.3) is 0 Å². The van der Waals surface area contributed by atoms with Crippen LogP contribution in [0.3, 0.4) is 0 Å². The molecule has 0 spiro atoms. The van der Waals surface area contributed by atoms with E-state index in [1.165, 1.54) is 38.6 Å². The zero-order chi connectivity index (χ0) is 15.0. The maximum Gasteiger partial charge on any atom is 0.0465 e. The lowest BCUT2D eigenvalue weighted by Crippen LogP contribution is -2.36. The molecular formula is C18H37NO. The SMILES string of the molecule is CCNCC1CCC(C(C)(C)C)CC1CCCOCC. The van der Waals surface area contributed by atoms with Gasteiger partial charge in [-0.15, -0.1) is 0 Å². The first-order valence-electron chi connectivity index (χ1n) is 8.77. The lowest BCUT2D eigenvalue weighted by atomic mass is 9.64. The van der Waals surface area contributed by atoms with Crippen LogP contribution >= 0.6 is 0 Å². The Hall–Kier alpha value is -0.0800. The van der Waals surface area contributed by atoms with E-state index < -0.39 is 0 Å². The van der Waals surface area contributed by atoms with E-state index in [9.17, 15) is 0 Å². The van der Waals surface area contributed by atoms with E-state index in [4.69, 9.17) is 4.74 Å². The third kappa shape index (κ3) is 6.13. The minimum absolute atomic E-state index is 0.474. The molecule has 2 heteroatoms. The van der Waals surface area contributed by atoms with Gasteiger partial charge >= 0.3 is 0 Å². The van der Waals surface area contributed by atoms with Gasteiger partial charge in [0.2, 0.25) is 0 Å². The lowest BCUT2D eigenvalue weighted by molar-refractivity contribution is 0.0806. The van der Waals surface area contributed by atoms with Gasteiger partial charge in [-0.1, -0.05) is 27.7 Å². The maximum absolute atomic E-state index is 5.52. The van der Waals surface area contributed by atoms with Crippen molar-refractivity contribution in [2.75, 3.05) is 26.3 Å². The van der Waals surface area contributed by atoms with E-state index >= 15 is 0 Å². The molecule has 0 aromatic heterocycles. The summed E-state index contributed by atoms with van der Waals surface area (Å²) in [6.45, 7) is 15.7. The van der Waals surface area contributed by atoms with Crippen molar-refractivity contribution >= 4 is 0 Å². The Morgan fingerprint density at radius 1 is 1.10 bits per heavy atom. The van der Waals surface area contributed by atoms with Crippen LogP contribution in [0, 0.1) is 23.2 Å². The second kappa shape index (κ2) is 9.04. The van der Waals surface area contributed by atoms with E-state index in [0.29, 0.717) is 5.41 Å². The largest absolute Gasteiger partial charge is 0.382 e.